The van der Waals surface area contributed by atoms with Crippen LogP contribution < -0.4 is 5.73 Å². The van der Waals surface area contributed by atoms with E-state index in [9.17, 15) is 4.79 Å². The van der Waals surface area contributed by atoms with E-state index in [0.29, 0.717) is 21.8 Å². The summed E-state index contributed by atoms with van der Waals surface area (Å²) in [5, 5.41) is 0.465. The molecule has 0 aromatic heterocycles. The Morgan fingerprint density at radius 1 is 1.11 bits per heavy atom. The van der Waals surface area contributed by atoms with Crippen LogP contribution in [0, 0.1) is 13.8 Å². The number of carbonyl (C=O) groups excluding carboxylic acids is 1. The Labute approximate surface area is 111 Å². The highest BCUT2D eigenvalue weighted by atomic mass is 35.5. The Balaban J connectivity index is 2.47. The molecule has 2 N–H and O–H groups in total. The highest BCUT2D eigenvalue weighted by Crippen LogP contribution is 2.22. The van der Waals surface area contributed by atoms with Crippen LogP contribution in [-0.4, -0.2) is 5.78 Å². The van der Waals surface area contributed by atoms with E-state index in [1.54, 1.807) is 18.2 Å². The van der Waals surface area contributed by atoms with Gasteiger partial charge in [0.05, 0.1) is 10.7 Å². The molecule has 0 aliphatic carbocycles. The first kappa shape index (κ1) is 12.7. The van der Waals surface area contributed by atoms with Gasteiger partial charge >= 0.3 is 0 Å². The van der Waals surface area contributed by atoms with Crippen LogP contribution >= 0.6 is 11.6 Å². The molecule has 18 heavy (non-hydrogen) atoms. The van der Waals surface area contributed by atoms with Gasteiger partial charge in [0.25, 0.3) is 0 Å². The molecular formula is C15H14ClNO. The number of anilines is 1. The second kappa shape index (κ2) is 4.83. The molecule has 0 aliphatic heterocycles. The van der Waals surface area contributed by atoms with Crippen LogP contribution in [0.15, 0.2) is 36.4 Å². The predicted octanol–water partition coefficient (Wildman–Crippen LogP) is 3.77. The molecular weight excluding hydrogens is 246 g/mol. The lowest BCUT2D eigenvalue weighted by molar-refractivity contribution is 0.103. The fourth-order valence-corrected chi connectivity index (χ4v) is 1.94. The van der Waals surface area contributed by atoms with Crippen molar-refractivity contribution < 1.29 is 4.79 Å². The molecule has 0 bridgehead atoms. The quantitative estimate of drug-likeness (QED) is 0.659. The van der Waals surface area contributed by atoms with Crippen molar-refractivity contribution in [1.82, 2.24) is 0 Å². The molecule has 0 radical (unpaired) electrons. The standard InChI is InChI=1S/C15H14ClNO/c1-9-3-4-10(2)12(7-9)15(18)11-5-6-13(16)14(17)8-11/h3-8H,17H2,1-2H3. The van der Waals surface area contributed by atoms with Gasteiger partial charge in [-0.2, -0.15) is 0 Å². The molecule has 2 nitrogen and oxygen atoms in total. The number of benzene rings is 2. The summed E-state index contributed by atoms with van der Waals surface area (Å²) < 4.78 is 0. The van der Waals surface area contributed by atoms with E-state index in [-0.39, 0.29) is 5.78 Å². The van der Waals surface area contributed by atoms with Gasteiger partial charge in [-0.25, -0.2) is 0 Å². The molecule has 92 valence electrons. The molecule has 0 amide bonds. The van der Waals surface area contributed by atoms with Crippen LogP contribution in [-0.2, 0) is 0 Å². The minimum atomic E-state index is -0.0282. The molecule has 0 unspecified atom stereocenters. The normalized spacial score (nSPS) is 10.4. The van der Waals surface area contributed by atoms with Gasteiger partial charge in [0.2, 0.25) is 0 Å². The van der Waals surface area contributed by atoms with E-state index >= 15 is 0 Å². The summed E-state index contributed by atoms with van der Waals surface area (Å²) in [6, 6.07) is 10.8. The van der Waals surface area contributed by atoms with Crippen molar-refractivity contribution in [2.45, 2.75) is 13.8 Å². The van der Waals surface area contributed by atoms with Crippen LogP contribution in [0.25, 0.3) is 0 Å². The van der Waals surface area contributed by atoms with Gasteiger partial charge in [0, 0.05) is 11.1 Å². The summed E-state index contributed by atoms with van der Waals surface area (Å²) in [5.41, 5.74) is 9.43. The van der Waals surface area contributed by atoms with Crippen LogP contribution in [0.1, 0.15) is 27.0 Å². The highest BCUT2D eigenvalue weighted by molar-refractivity contribution is 6.33. The van der Waals surface area contributed by atoms with E-state index < -0.39 is 0 Å². The minimum absolute atomic E-state index is 0.0282. The van der Waals surface area contributed by atoms with Gasteiger partial charge in [-0.15, -0.1) is 0 Å². The van der Waals surface area contributed by atoms with Crippen molar-refractivity contribution >= 4 is 23.1 Å². The van der Waals surface area contributed by atoms with Gasteiger partial charge in [-0.1, -0.05) is 29.3 Å². The molecule has 3 heteroatoms. The zero-order valence-corrected chi connectivity index (χ0v) is 11.1. The Morgan fingerprint density at radius 3 is 2.50 bits per heavy atom. The molecule has 2 aromatic carbocycles. The molecule has 0 aliphatic rings. The lowest BCUT2D eigenvalue weighted by Crippen LogP contribution is -2.05. The van der Waals surface area contributed by atoms with E-state index in [4.69, 9.17) is 17.3 Å². The predicted molar refractivity (Wildman–Crippen MR) is 75.2 cm³/mol. The van der Waals surface area contributed by atoms with Gasteiger partial charge < -0.3 is 5.73 Å². The number of nitrogen functional groups attached to an aromatic ring is 1. The zero-order valence-electron chi connectivity index (χ0n) is 10.3. The number of halogens is 1. The lowest BCUT2D eigenvalue weighted by Gasteiger charge is -2.07. The van der Waals surface area contributed by atoms with Gasteiger partial charge in [0.15, 0.2) is 5.78 Å². The molecule has 0 saturated carbocycles. The Bertz CT molecular complexity index is 620. The number of rotatable bonds is 2. The van der Waals surface area contributed by atoms with E-state index in [2.05, 4.69) is 0 Å². The summed E-state index contributed by atoms with van der Waals surface area (Å²) in [6.07, 6.45) is 0. The summed E-state index contributed by atoms with van der Waals surface area (Å²) >= 11 is 5.85. The van der Waals surface area contributed by atoms with Crippen molar-refractivity contribution in [3.8, 4) is 0 Å². The highest BCUT2D eigenvalue weighted by Gasteiger charge is 2.12. The first-order valence-electron chi connectivity index (χ1n) is 5.66. The molecule has 0 spiro atoms. The Hall–Kier alpha value is -1.80. The molecule has 0 fully saturated rings. The number of hydrogen-bond donors (Lipinski definition) is 1. The molecule has 2 rings (SSSR count). The number of carbonyl (C=O) groups is 1. The second-order valence-electron chi connectivity index (χ2n) is 4.38. The van der Waals surface area contributed by atoms with Crippen molar-refractivity contribution in [3.05, 3.63) is 63.7 Å². The van der Waals surface area contributed by atoms with Crippen LogP contribution in [0.3, 0.4) is 0 Å². The van der Waals surface area contributed by atoms with E-state index in [1.807, 2.05) is 32.0 Å². The van der Waals surface area contributed by atoms with E-state index in [0.717, 1.165) is 11.1 Å². The fraction of sp³-hybridized carbons (Fsp3) is 0.133. The van der Waals surface area contributed by atoms with Crippen LogP contribution in [0.2, 0.25) is 5.02 Å². The van der Waals surface area contributed by atoms with Gasteiger partial charge in [-0.05, 0) is 43.7 Å². The Kier molecular flexibility index (Phi) is 3.39. The monoisotopic (exact) mass is 259 g/mol. The minimum Gasteiger partial charge on any atom is -0.398 e. The van der Waals surface area contributed by atoms with Crippen molar-refractivity contribution in [2.24, 2.45) is 0 Å². The number of hydrogen-bond acceptors (Lipinski definition) is 2. The summed E-state index contributed by atoms with van der Waals surface area (Å²) in [7, 11) is 0. The number of nitrogens with two attached hydrogens (primary N) is 1. The molecule has 0 atom stereocenters. The molecule has 0 heterocycles. The average Bonchev–Trinajstić information content (AvgIpc) is 2.35. The number of aryl methyl sites for hydroxylation is 2. The van der Waals surface area contributed by atoms with Crippen molar-refractivity contribution in [1.29, 1.82) is 0 Å². The number of ketones is 1. The van der Waals surface area contributed by atoms with E-state index in [1.165, 1.54) is 0 Å². The largest absolute Gasteiger partial charge is 0.398 e. The molecule has 0 saturated heterocycles. The van der Waals surface area contributed by atoms with Crippen LogP contribution in [0.5, 0.6) is 0 Å². The third-order valence-electron chi connectivity index (χ3n) is 2.90. The average molecular weight is 260 g/mol. The van der Waals surface area contributed by atoms with Crippen molar-refractivity contribution in [3.63, 3.8) is 0 Å². The summed E-state index contributed by atoms with van der Waals surface area (Å²) in [6.45, 7) is 3.89. The maximum Gasteiger partial charge on any atom is 0.193 e. The topological polar surface area (TPSA) is 43.1 Å². The molecule has 2 aromatic rings. The van der Waals surface area contributed by atoms with Crippen LogP contribution in [0.4, 0.5) is 5.69 Å². The van der Waals surface area contributed by atoms with Gasteiger partial charge in [-0.3, -0.25) is 4.79 Å². The summed E-state index contributed by atoms with van der Waals surface area (Å²) in [4.78, 5) is 12.4. The van der Waals surface area contributed by atoms with Gasteiger partial charge in [0.1, 0.15) is 0 Å². The third kappa shape index (κ3) is 2.39. The zero-order chi connectivity index (χ0) is 13.3. The van der Waals surface area contributed by atoms with Crippen molar-refractivity contribution in [2.75, 3.05) is 5.73 Å². The maximum absolute atomic E-state index is 12.4. The lowest BCUT2D eigenvalue weighted by atomic mass is 9.97. The fourth-order valence-electron chi connectivity index (χ4n) is 1.82. The Morgan fingerprint density at radius 2 is 1.83 bits per heavy atom. The first-order chi connectivity index (χ1) is 8.49. The first-order valence-corrected chi connectivity index (χ1v) is 6.04. The SMILES string of the molecule is Cc1ccc(C)c(C(=O)c2ccc(Cl)c(N)c2)c1. The maximum atomic E-state index is 12.4. The third-order valence-corrected chi connectivity index (χ3v) is 3.24. The summed E-state index contributed by atoms with van der Waals surface area (Å²) in [5.74, 6) is -0.0282. The second-order valence-corrected chi connectivity index (χ2v) is 4.79. The smallest absolute Gasteiger partial charge is 0.193 e.